The molecule has 0 saturated carbocycles. The molecule has 15 heavy (non-hydrogen) atoms. The molecule has 0 spiro atoms. The Morgan fingerprint density at radius 3 is 2.47 bits per heavy atom. The van der Waals surface area contributed by atoms with Crippen molar-refractivity contribution in [2.45, 2.75) is 11.5 Å². The molecule has 0 unspecified atom stereocenters. The molecule has 1 rings (SSSR count). The van der Waals surface area contributed by atoms with E-state index < -0.39 is 27.0 Å². The second kappa shape index (κ2) is 4.44. The molecule has 0 aliphatic rings. The van der Waals surface area contributed by atoms with Crippen molar-refractivity contribution in [3.05, 3.63) is 20.4 Å². The fraction of sp³-hybridized carbons (Fsp3) is 0.167. The molecule has 0 atom stereocenters. The molecule has 4 nitrogen and oxygen atoms in total. The number of hydrogen-bond donors (Lipinski definition) is 1. The Balaban J connectivity index is 3.56. The van der Waals surface area contributed by atoms with Crippen molar-refractivity contribution in [3.8, 4) is 0 Å². The van der Waals surface area contributed by atoms with Gasteiger partial charge in [0.05, 0.1) is 14.2 Å². The molecule has 1 heterocycles. The number of nitrogens with zero attached hydrogens (tertiary/aromatic N) is 1. The monoisotopic (exact) mass is 368 g/mol. The summed E-state index contributed by atoms with van der Waals surface area (Å²) in [6.45, 7) is 0. The zero-order valence-electron chi connectivity index (χ0n) is 6.92. The lowest BCUT2D eigenvalue weighted by Gasteiger charge is -2.08. The van der Waals surface area contributed by atoms with E-state index in [1.54, 1.807) is 0 Å². The van der Waals surface area contributed by atoms with Crippen molar-refractivity contribution < 1.29 is 17.2 Å². The van der Waals surface area contributed by atoms with Gasteiger partial charge in [0, 0.05) is 6.20 Å². The fourth-order valence-electron chi connectivity index (χ4n) is 0.860. The molecule has 0 fully saturated rings. The van der Waals surface area contributed by atoms with Crippen LogP contribution in [0.25, 0.3) is 0 Å². The van der Waals surface area contributed by atoms with Crippen LogP contribution in [0.3, 0.4) is 0 Å². The molecule has 0 aliphatic heterocycles. The van der Waals surface area contributed by atoms with Crippen LogP contribution in [-0.2, 0) is 10.0 Å². The van der Waals surface area contributed by atoms with Crippen LogP contribution in [0, 0.1) is 3.57 Å². The van der Waals surface area contributed by atoms with Crippen LogP contribution in [0.15, 0.2) is 11.2 Å². The van der Waals surface area contributed by atoms with Crippen molar-refractivity contribution in [1.29, 1.82) is 0 Å². The Morgan fingerprint density at radius 2 is 2.07 bits per heavy atom. The SMILES string of the molecule is NS(=O)(=O)c1ncc(Cl)c(C(F)F)c1I. The molecule has 0 amide bonds. The predicted molar refractivity (Wildman–Crippen MR) is 58.3 cm³/mol. The third-order valence-corrected chi connectivity index (χ3v) is 4.07. The normalized spacial score (nSPS) is 12.1. The maximum atomic E-state index is 12.5. The summed E-state index contributed by atoms with van der Waals surface area (Å²) in [5.74, 6) is 0. The van der Waals surface area contributed by atoms with Gasteiger partial charge in [-0.15, -0.1) is 0 Å². The van der Waals surface area contributed by atoms with Gasteiger partial charge in [-0.25, -0.2) is 27.3 Å². The van der Waals surface area contributed by atoms with Gasteiger partial charge in [0.1, 0.15) is 0 Å². The second-order valence-electron chi connectivity index (χ2n) is 2.48. The highest BCUT2D eigenvalue weighted by Crippen LogP contribution is 2.33. The number of sulfonamides is 1. The number of aromatic nitrogens is 1. The van der Waals surface area contributed by atoms with Crippen molar-refractivity contribution >= 4 is 44.2 Å². The third-order valence-electron chi connectivity index (χ3n) is 1.46. The summed E-state index contributed by atoms with van der Waals surface area (Å²) in [5.41, 5.74) is -0.573. The number of nitrogens with two attached hydrogens (primary N) is 1. The maximum absolute atomic E-state index is 12.5. The molecule has 1 aromatic rings. The van der Waals surface area contributed by atoms with Gasteiger partial charge >= 0.3 is 0 Å². The summed E-state index contributed by atoms with van der Waals surface area (Å²) < 4.78 is 46.7. The van der Waals surface area contributed by atoms with E-state index in [9.17, 15) is 17.2 Å². The molecule has 0 radical (unpaired) electrons. The first-order valence-corrected chi connectivity index (χ1v) is 6.40. The number of rotatable bonds is 2. The van der Waals surface area contributed by atoms with E-state index in [-0.39, 0.29) is 8.59 Å². The van der Waals surface area contributed by atoms with Crippen LogP contribution in [0.1, 0.15) is 12.0 Å². The van der Waals surface area contributed by atoms with Crippen molar-refractivity contribution in [1.82, 2.24) is 4.98 Å². The lowest BCUT2D eigenvalue weighted by molar-refractivity contribution is 0.150. The van der Waals surface area contributed by atoms with E-state index in [4.69, 9.17) is 16.7 Å². The Hall–Kier alpha value is -0.0600. The van der Waals surface area contributed by atoms with Crippen molar-refractivity contribution in [2.24, 2.45) is 5.14 Å². The zero-order valence-corrected chi connectivity index (χ0v) is 10.6. The first-order chi connectivity index (χ1) is 6.75. The topological polar surface area (TPSA) is 73.1 Å². The highest BCUT2D eigenvalue weighted by Gasteiger charge is 2.24. The number of pyridine rings is 1. The number of hydrogen-bond acceptors (Lipinski definition) is 3. The molecule has 0 bridgehead atoms. The van der Waals surface area contributed by atoms with Gasteiger partial charge in [0.25, 0.3) is 16.4 Å². The van der Waals surface area contributed by atoms with Gasteiger partial charge in [-0.3, -0.25) is 0 Å². The van der Waals surface area contributed by atoms with E-state index in [0.29, 0.717) is 0 Å². The summed E-state index contributed by atoms with van der Waals surface area (Å²) in [6, 6.07) is 0. The molecular weight excluding hydrogens is 364 g/mol. The van der Waals surface area contributed by atoms with Gasteiger partial charge in [-0.2, -0.15) is 0 Å². The molecule has 1 aromatic heterocycles. The highest BCUT2D eigenvalue weighted by atomic mass is 127. The predicted octanol–water partition coefficient (Wildman–Crippen LogP) is 1.92. The lowest BCUT2D eigenvalue weighted by atomic mass is 10.3. The fourth-order valence-corrected chi connectivity index (χ4v) is 3.39. The number of alkyl halides is 2. The van der Waals surface area contributed by atoms with E-state index >= 15 is 0 Å². The minimum atomic E-state index is -4.12. The van der Waals surface area contributed by atoms with Crippen molar-refractivity contribution in [3.63, 3.8) is 0 Å². The van der Waals surface area contributed by atoms with Crippen LogP contribution < -0.4 is 5.14 Å². The highest BCUT2D eigenvalue weighted by molar-refractivity contribution is 14.1. The van der Waals surface area contributed by atoms with Crippen molar-refractivity contribution in [2.75, 3.05) is 0 Å². The second-order valence-corrected chi connectivity index (χ2v) is 5.45. The van der Waals surface area contributed by atoms with E-state index in [1.165, 1.54) is 22.6 Å². The molecule has 9 heteroatoms. The quantitative estimate of drug-likeness (QED) is 0.811. The smallest absolute Gasteiger partial charge is 0.241 e. The standard InChI is InChI=1S/C6H4ClF2IN2O2S/c7-2-1-12-6(15(11,13)14)4(10)3(2)5(8)9/h1,5H,(H2,11,13,14). The first kappa shape index (κ1) is 13.0. The zero-order chi connectivity index (χ0) is 11.8. The number of halogens is 4. The minimum Gasteiger partial charge on any atom is -0.241 e. The summed E-state index contributed by atoms with van der Waals surface area (Å²) in [4.78, 5) is 3.41. The Bertz CT molecular complexity index is 494. The summed E-state index contributed by atoms with van der Waals surface area (Å²) >= 11 is 6.88. The molecule has 2 N–H and O–H groups in total. The Labute approximate surface area is 103 Å². The van der Waals surface area contributed by atoms with Gasteiger partial charge in [0.15, 0.2) is 5.03 Å². The lowest BCUT2D eigenvalue weighted by Crippen LogP contribution is -2.16. The minimum absolute atomic E-state index is 0.252. The molecule has 84 valence electrons. The first-order valence-electron chi connectivity index (χ1n) is 3.40. The van der Waals surface area contributed by atoms with Crippen LogP contribution in [-0.4, -0.2) is 13.4 Å². The van der Waals surface area contributed by atoms with E-state index in [0.717, 1.165) is 6.20 Å². The van der Waals surface area contributed by atoms with E-state index in [2.05, 4.69) is 4.98 Å². The molecule has 0 aromatic carbocycles. The van der Waals surface area contributed by atoms with E-state index in [1.807, 2.05) is 0 Å². The number of primary sulfonamides is 1. The Morgan fingerprint density at radius 1 is 1.53 bits per heavy atom. The van der Waals surface area contributed by atoms with Gasteiger partial charge in [0.2, 0.25) is 0 Å². The largest absolute Gasteiger partial charge is 0.266 e. The molecule has 0 aliphatic carbocycles. The summed E-state index contributed by atoms with van der Waals surface area (Å²) in [5, 5.41) is 3.91. The molecular formula is C6H4ClF2IN2O2S. The van der Waals surface area contributed by atoms with Crippen LogP contribution in [0.5, 0.6) is 0 Å². The maximum Gasteiger partial charge on any atom is 0.266 e. The van der Waals surface area contributed by atoms with Crippen LogP contribution >= 0.6 is 34.2 Å². The summed E-state index contributed by atoms with van der Waals surface area (Å²) in [6.07, 6.45) is -2.04. The van der Waals surface area contributed by atoms with Gasteiger partial charge in [-0.1, -0.05) is 11.6 Å². The average Bonchev–Trinajstić information content (AvgIpc) is 2.00. The van der Waals surface area contributed by atoms with Crippen LogP contribution in [0.2, 0.25) is 5.02 Å². The summed E-state index contributed by atoms with van der Waals surface area (Å²) in [7, 11) is -4.12. The molecule has 0 saturated heterocycles. The van der Waals surface area contributed by atoms with Crippen LogP contribution in [0.4, 0.5) is 8.78 Å². The Kier molecular flexibility index (Phi) is 3.85. The van der Waals surface area contributed by atoms with Gasteiger partial charge in [-0.05, 0) is 22.6 Å². The third kappa shape index (κ3) is 2.74. The average molecular weight is 369 g/mol. The van der Waals surface area contributed by atoms with Gasteiger partial charge < -0.3 is 0 Å².